The number of carbonyl (C=O) groups excluding carboxylic acids is 2. The summed E-state index contributed by atoms with van der Waals surface area (Å²) in [4.78, 5) is 31.5. The normalized spacial score (nSPS) is 12.5. The third-order valence-corrected chi connectivity index (χ3v) is 5.62. The number of aromatic nitrogens is 2. The predicted molar refractivity (Wildman–Crippen MR) is 144 cm³/mol. The monoisotopic (exact) mass is 557 g/mol. The molecular formula is C22H35Cl4N5O3. The average molecular weight is 559 g/mol. The Labute approximate surface area is 223 Å². The highest BCUT2D eigenvalue weighted by molar-refractivity contribution is 6.18. The zero-order chi connectivity index (χ0) is 23.8. The van der Waals surface area contributed by atoms with E-state index in [1.54, 1.807) is 0 Å². The van der Waals surface area contributed by atoms with E-state index in [2.05, 4.69) is 10.2 Å². The fourth-order valence-electron chi connectivity index (χ4n) is 3.59. The lowest BCUT2D eigenvalue weighted by molar-refractivity contribution is -0.145. The van der Waals surface area contributed by atoms with Crippen LogP contribution in [-0.2, 0) is 27.8 Å². The predicted octanol–water partition coefficient (Wildman–Crippen LogP) is 3.27. The van der Waals surface area contributed by atoms with Gasteiger partial charge in [0.05, 0.1) is 24.2 Å². The molecule has 194 valence electrons. The number of methoxy groups -OCH3 is 1. The van der Waals surface area contributed by atoms with Crippen molar-refractivity contribution in [3.05, 3.63) is 24.0 Å². The number of esters is 1. The Morgan fingerprint density at radius 2 is 1.82 bits per heavy atom. The molecule has 0 saturated heterocycles. The first-order chi connectivity index (χ1) is 15.2. The zero-order valence-electron chi connectivity index (χ0n) is 19.9. The van der Waals surface area contributed by atoms with E-state index < -0.39 is 24.0 Å². The standard InChI is InChI=1S/C22H33Cl2N5O3.2ClH/c1-14(2)11-18(22(31)32-4)27-21(30)16(25)13-20-26-17-12-15(5-6-19(17)28(20)3)29(9-7-23)10-8-24;;/h5-6,12,14,16,18H,7-11,13,25H2,1-4H3,(H,27,30);2*1H/t16-,18-;;/m0../s1. The van der Waals surface area contributed by atoms with E-state index in [1.807, 2.05) is 43.7 Å². The molecule has 34 heavy (non-hydrogen) atoms. The molecule has 2 atom stereocenters. The van der Waals surface area contributed by atoms with E-state index >= 15 is 0 Å². The van der Waals surface area contributed by atoms with Crippen molar-refractivity contribution in [3.63, 3.8) is 0 Å². The van der Waals surface area contributed by atoms with Crippen LogP contribution >= 0.6 is 48.0 Å². The largest absolute Gasteiger partial charge is 0.467 e. The molecule has 12 heteroatoms. The van der Waals surface area contributed by atoms with Crippen molar-refractivity contribution >= 4 is 76.6 Å². The number of nitrogens with two attached hydrogens (primary N) is 1. The van der Waals surface area contributed by atoms with Crippen LogP contribution in [0.1, 0.15) is 26.1 Å². The van der Waals surface area contributed by atoms with E-state index in [9.17, 15) is 9.59 Å². The van der Waals surface area contributed by atoms with Gasteiger partial charge in [-0.15, -0.1) is 48.0 Å². The van der Waals surface area contributed by atoms with Gasteiger partial charge in [0, 0.05) is 44.0 Å². The number of benzene rings is 1. The lowest BCUT2D eigenvalue weighted by Crippen LogP contribution is -2.50. The van der Waals surface area contributed by atoms with Gasteiger partial charge >= 0.3 is 5.97 Å². The molecule has 1 heterocycles. The van der Waals surface area contributed by atoms with Crippen molar-refractivity contribution in [1.82, 2.24) is 14.9 Å². The molecule has 0 bridgehead atoms. The van der Waals surface area contributed by atoms with Crippen LogP contribution in [0.5, 0.6) is 0 Å². The molecule has 0 fully saturated rings. The van der Waals surface area contributed by atoms with Crippen molar-refractivity contribution in [2.45, 2.75) is 38.8 Å². The summed E-state index contributed by atoms with van der Waals surface area (Å²) in [6.45, 7) is 5.30. The van der Waals surface area contributed by atoms with Crippen molar-refractivity contribution in [3.8, 4) is 0 Å². The fourth-order valence-corrected chi connectivity index (χ4v) is 4.00. The van der Waals surface area contributed by atoms with Crippen LogP contribution < -0.4 is 16.0 Å². The highest BCUT2D eigenvalue weighted by Gasteiger charge is 2.26. The number of halogens is 4. The number of fused-ring (bicyclic) bond motifs is 1. The van der Waals surface area contributed by atoms with Crippen molar-refractivity contribution in [1.29, 1.82) is 0 Å². The van der Waals surface area contributed by atoms with Gasteiger partial charge in [0.2, 0.25) is 5.91 Å². The van der Waals surface area contributed by atoms with Gasteiger partial charge < -0.3 is 25.3 Å². The molecule has 8 nitrogen and oxygen atoms in total. The van der Waals surface area contributed by atoms with Gasteiger partial charge in [-0.25, -0.2) is 9.78 Å². The second kappa shape index (κ2) is 15.5. The van der Waals surface area contributed by atoms with E-state index in [-0.39, 0.29) is 37.2 Å². The lowest BCUT2D eigenvalue weighted by Gasteiger charge is -2.22. The van der Waals surface area contributed by atoms with Gasteiger partial charge in [0.15, 0.2) is 0 Å². The summed E-state index contributed by atoms with van der Waals surface area (Å²) in [5, 5.41) is 2.72. The molecule has 3 N–H and O–H groups in total. The van der Waals surface area contributed by atoms with Gasteiger partial charge in [-0.05, 0) is 30.5 Å². The van der Waals surface area contributed by atoms with Crippen molar-refractivity contribution in [2.75, 3.05) is 36.9 Å². The van der Waals surface area contributed by atoms with Crippen LogP contribution in [0.2, 0.25) is 0 Å². The Hall–Kier alpha value is -1.45. The van der Waals surface area contributed by atoms with Gasteiger partial charge in [-0.2, -0.15) is 0 Å². The molecule has 1 aromatic heterocycles. The third kappa shape index (κ3) is 8.64. The van der Waals surface area contributed by atoms with Crippen LogP contribution in [0.4, 0.5) is 5.69 Å². The summed E-state index contributed by atoms with van der Waals surface area (Å²) < 4.78 is 6.73. The first kappa shape index (κ1) is 32.5. The highest BCUT2D eigenvalue weighted by Crippen LogP contribution is 2.23. The molecule has 0 spiro atoms. The molecule has 0 radical (unpaired) electrons. The fraction of sp³-hybridized carbons (Fsp3) is 0.591. The summed E-state index contributed by atoms with van der Waals surface area (Å²) in [7, 11) is 3.19. The van der Waals surface area contributed by atoms with Gasteiger partial charge in [0.25, 0.3) is 0 Å². The Morgan fingerprint density at radius 3 is 2.35 bits per heavy atom. The van der Waals surface area contributed by atoms with Gasteiger partial charge in [-0.1, -0.05) is 13.8 Å². The molecule has 0 unspecified atom stereocenters. The summed E-state index contributed by atoms with van der Waals surface area (Å²) in [5.41, 5.74) is 8.88. The minimum absolute atomic E-state index is 0. The van der Waals surface area contributed by atoms with E-state index in [0.29, 0.717) is 37.1 Å². The number of hydrogen-bond donors (Lipinski definition) is 2. The average Bonchev–Trinajstić information content (AvgIpc) is 3.06. The number of carbonyl (C=O) groups is 2. The molecule has 1 aromatic carbocycles. The van der Waals surface area contributed by atoms with E-state index in [1.165, 1.54) is 7.11 Å². The zero-order valence-corrected chi connectivity index (χ0v) is 23.1. The molecule has 1 amide bonds. The molecule has 0 aliphatic heterocycles. The second-order valence-corrected chi connectivity index (χ2v) is 8.91. The number of nitrogens with one attached hydrogen (secondary N) is 1. The summed E-state index contributed by atoms with van der Waals surface area (Å²) >= 11 is 11.8. The number of nitrogens with zero attached hydrogens (tertiary/aromatic N) is 3. The van der Waals surface area contributed by atoms with Crippen LogP contribution in [-0.4, -0.2) is 65.5 Å². The quantitative estimate of drug-likeness (QED) is 0.306. The maximum atomic E-state index is 12.7. The minimum Gasteiger partial charge on any atom is -0.467 e. The summed E-state index contributed by atoms with van der Waals surface area (Å²) in [6.07, 6.45) is 0.705. The van der Waals surface area contributed by atoms with Crippen LogP contribution in [0.25, 0.3) is 11.0 Å². The number of amides is 1. The lowest BCUT2D eigenvalue weighted by atomic mass is 10.0. The van der Waals surface area contributed by atoms with Crippen molar-refractivity contribution in [2.24, 2.45) is 18.7 Å². The first-order valence-electron chi connectivity index (χ1n) is 10.7. The van der Waals surface area contributed by atoms with Crippen LogP contribution in [0.15, 0.2) is 18.2 Å². The van der Waals surface area contributed by atoms with Gasteiger partial charge in [-0.3, -0.25) is 4.79 Å². The molecule has 0 saturated carbocycles. The van der Waals surface area contributed by atoms with Crippen LogP contribution in [0.3, 0.4) is 0 Å². The maximum absolute atomic E-state index is 12.7. The number of aryl methyl sites for hydroxylation is 1. The highest BCUT2D eigenvalue weighted by atomic mass is 35.5. The molecule has 2 rings (SSSR count). The first-order valence-corrected chi connectivity index (χ1v) is 11.7. The SMILES string of the molecule is COC(=O)[C@H](CC(C)C)NC(=O)[C@@H](N)Cc1nc2cc(N(CCCl)CCCl)ccc2n1C.Cl.Cl. The van der Waals surface area contributed by atoms with E-state index in [0.717, 1.165) is 16.7 Å². The Bertz CT molecular complexity index is 919. The van der Waals surface area contributed by atoms with Crippen molar-refractivity contribution < 1.29 is 14.3 Å². The number of rotatable bonds is 12. The molecule has 0 aliphatic rings. The van der Waals surface area contributed by atoms with E-state index in [4.69, 9.17) is 38.7 Å². The molecule has 0 aliphatic carbocycles. The number of imidazole rings is 1. The molecule has 2 aromatic rings. The number of anilines is 1. The maximum Gasteiger partial charge on any atom is 0.328 e. The van der Waals surface area contributed by atoms with Crippen LogP contribution in [0, 0.1) is 5.92 Å². The Balaban J connectivity index is 0.00000544. The third-order valence-electron chi connectivity index (χ3n) is 5.28. The Kier molecular flexibility index (Phi) is 14.9. The minimum atomic E-state index is -0.853. The summed E-state index contributed by atoms with van der Waals surface area (Å²) in [5.74, 6) is 0.990. The number of ether oxygens (including phenoxy) is 1. The smallest absolute Gasteiger partial charge is 0.328 e. The number of hydrogen-bond acceptors (Lipinski definition) is 6. The van der Waals surface area contributed by atoms with Gasteiger partial charge in [0.1, 0.15) is 11.9 Å². The topological polar surface area (TPSA) is 102 Å². The number of alkyl halides is 2. The molecular weight excluding hydrogens is 524 g/mol. The Morgan fingerprint density at radius 1 is 1.21 bits per heavy atom. The summed E-state index contributed by atoms with van der Waals surface area (Å²) in [6, 6.07) is 4.40. The second-order valence-electron chi connectivity index (χ2n) is 8.15.